The molecule has 1 N–H and O–H groups in total. The van der Waals surface area contributed by atoms with Crippen LogP contribution in [0.25, 0.3) is 22.2 Å². The summed E-state index contributed by atoms with van der Waals surface area (Å²) in [4.78, 5) is 11.7. The fraction of sp³-hybridized carbons (Fsp3) is 0.320. The summed E-state index contributed by atoms with van der Waals surface area (Å²) in [5.41, 5.74) is 4.99. The lowest BCUT2D eigenvalue weighted by Crippen LogP contribution is -2.07. The first kappa shape index (κ1) is 18.0. The second-order valence-corrected chi connectivity index (χ2v) is 8.02. The van der Waals surface area contributed by atoms with Crippen LogP contribution in [-0.4, -0.2) is 22.2 Å². The molecule has 0 unspecified atom stereocenters. The molecule has 1 aromatic heterocycles. The molecular weight excluding hydrogens is 362 g/mol. The predicted octanol–water partition coefficient (Wildman–Crippen LogP) is 6.00. The molecule has 0 saturated heterocycles. The number of aromatic carboxylic acids is 1. The van der Waals surface area contributed by atoms with Crippen molar-refractivity contribution < 1.29 is 14.6 Å². The van der Waals surface area contributed by atoms with Crippen LogP contribution in [0.5, 0.6) is 5.75 Å². The predicted molar refractivity (Wildman–Crippen MR) is 115 cm³/mol. The summed E-state index contributed by atoms with van der Waals surface area (Å²) >= 11 is 0. The quantitative estimate of drug-likeness (QED) is 0.549. The Balaban J connectivity index is 1.86. The van der Waals surface area contributed by atoms with Gasteiger partial charge in [-0.05, 0) is 54.7 Å². The van der Waals surface area contributed by atoms with Crippen molar-refractivity contribution in [1.29, 1.82) is 0 Å². The van der Waals surface area contributed by atoms with Crippen LogP contribution in [0.3, 0.4) is 0 Å². The third-order valence-corrected chi connectivity index (χ3v) is 6.30. The standard InChI is InChI=1S/C25H25NO3/c27-25(28)18-12-13-19-21(16-18)26-14-6-7-15-29-22-11-5-4-10-20(22)24(26)23(19)17-8-2-1-3-9-17/h4-7,10-13,16-17H,1-3,8-9,14-15H2,(H,27,28). The Morgan fingerprint density at radius 1 is 1.03 bits per heavy atom. The number of aromatic nitrogens is 1. The number of fused-ring (bicyclic) bond motifs is 5. The van der Waals surface area contributed by atoms with Crippen molar-refractivity contribution in [3.05, 3.63) is 65.7 Å². The number of hydrogen-bond acceptors (Lipinski definition) is 2. The summed E-state index contributed by atoms with van der Waals surface area (Å²) in [7, 11) is 0. The van der Waals surface area contributed by atoms with E-state index in [1.54, 1.807) is 6.07 Å². The van der Waals surface area contributed by atoms with E-state index in [1.807, 2.05) is 30.3 Å². The second-order valence-electron chi connectivity index (χ2n) is 8.02. The first-order valence-electron chi connectivity index (χ1n) is 10.5. The number of ether oxygens (including phenoxy) is 1. The molecule has 1 fully saturated rings. The number of carboxylic acid groups (broad SMARTS) is 1. The molecule has 0 atom stereocenters. The third-order valence-electron chi connectivity index (χ3n) is 6.30. The average molecular weight is 387 g/mol. The minimum atomic E-state index is -0.885. The molecule has 2 aliphatic rings. The molecule has 4 heteroatoms. The van der Waals surface area contributed by atoms with Gasteiger partial charge in [-0.15, -0.1) is 0 Å². The number of rotatable bonds is 2. The Morgan fingerprint density at radius 3 is 2.69 bits per heavy atom. The lowest BCUT2D eigenvalue weighted by Gasteiger charge is -2.24. The smallest absolute Gasteiger partial charge is 0.335 e. The van der Waals surface area contributed by atoms with Crippen molar-refractivity contribution in [2.45, 2.75) is 44.6 Å². The second kappa shape index (κ2) is 7.43. The van der Waals surface area contributed by atoms with Crippen molar-refractivity contribution in [1.82, 2.24) is 4.57 Å². The van der Waals surface area contributed by atoms with Crippen molar-refractivity contribution in [2.24, 2.45) is 0 Å². The summed E-state index contributed by atoms with van der Waals surface area (Å²) < 4.78 is 8.36. The Kier molecular flexibility index (Phi) is 4.62. The molecule has 3 aromatic rings. The van der Waals surface area contributed by atoms with Gasteiger partial charge < -0.3 is 14.4 Å². The van der Waals surface area contributed by atoms with Crippen LogP contribution in [0.1, 0.15) is 53.9 Å². The molecular formula is C25H25NO3. The fourth-order valence-corrected chi connectivity index (χ4v) is 4.97. The molecule has 1 aliphatic heterocycles. The molecule has 4 nitrogen and oxygen atoms in total. The zero-order valence-electron chi connectivity index (χ0n) is 16.4. The third kappa shape index (κ3) is 3.13. The summed E-state index contributed by atoms with van der Waals surface area (Å²) in [5.74, 6) is 0.499. The Labute approximate surface area is 170 Å². The number of hydrogen-bond donors (Lipinski definition) is 1. The summed E-state index contributed by atoms with van der Waals surface area (Å²) in [6.07, 6.45) is 10.3. The normalized spacial score (nSPS) is 17.0. The van der Waals surface area contributed by atoms with Crippen LogP contribution in [0.4, 0.5) is 0 Å². The summed E-state index contributed by atoms with van der Waals surface area (Å²) in [5, 5.41) is 10.7. The molecule has 2 heterocycles. The first-order chi connectivity index (χ1) is 14.2. The van der Waals surface area contributed by atoms with Gasteiger partial charge in [0.1, 0.15) is 12.4 Å². The number of allylic oxidation sites excluding steroid dienone is 1. The number of nitrogens with zero attached hydrogens (tertiary/aromatic N) is 1. The highest BCUT2D eigenvalue weighted by atomic mass is 16.5. The maximum Gasteiger partial charge on any atom is 0.335 e. The molecule has 0 radical (unpaired) electrons. The fourth-order valence-electron chi connectivity index (χ4n) is 4.97. The van der Waals surface area contributed by atoms with Crippen molar-refractivity contribution in [2.75, 3.05) is 6.61 Å². The van der Waals surface area contributed by atoms with Gasteiger partial charge in [0.2, 0.25) is 0 Å². The van der Waals surface area contributed by atoms with E-state index in [2.05, 4.69) is 22.8 Å². The Bertz CT molecular complexity index is 1100. The van der Waals surface area contributed by atoms with Gasteiger partial charge in [0.25, 0.3) is 0 Å². The van der Waals surface area contributed by atoms with Gasteiger partial charge in [-0.1, -0.05) is 43.5 Å². The van der Waals surface area contributed by atoms with Crippen molar-refractivity contribution >= 4 is 16.9 Å². The van der Waals surface area contributed by atoms with Crippen LogP contribution in [-0.2, 0) is 6.54 Å². The summed E-state index contributed by atoms with van der Waals surface area (Å²) in [6.45, 7) is 1.25. The molecule has 5 rings (SSSR count). The molecule has 148 valence electrons. The highest BCUT2D eigenvalue weighted by molar-refractivity contribution is 5.98. The van der Waals surface area contributed by atoms with Crippen LogP contribution in [0, 0.1) is 0 Å². The SMILES string of the molecule is O=C(O)c1ccc2c(C3CCCCC3)c3n(c2c1)CC=CCOc1ccccc1-3. The average Bonchev–Trinajstić information content (AvgIpc) is 3.11. The summed E-state index contributed by atoms with van der Waals surface area (Å²) in [6, 6.07) is 13.8. The van der Waals surface area contributed by atoms with Gasteiger partial charge in [-0.3, -0.25) is 0 Å². The minimum Gasteiger partial charge on any atom is -0.489 e. The van der Waals surface area contributed by atoms with Crippen LogP contribution >= 0.6 is 0 Å². The monoisotopic (exact) mass is 387 g/mol. The van der Waals surface area contributed by atoms with E-state index < -0.39 is 5.97 Å². The van der Waals surface area contributed by atoms with Crippen molar-refractivity contribution in [3.63, 3.8) is 0 Å². The zero-order chi connectivity index (χ0) is 19.8. The van der Waals surface area contributed by atoms with E-state index in [0.717, 1.165) is 16.8 Å². The number of para-hydroxylation sites is 1. The Morgan fingerprint density at radius 2 is 1.86 bits per heavy atom. The van der Waals surface area contributed by atoms with Gasteiger partial charge in [0.15, 0.2) is 0 Å². The van der Waals surface area contributed by atoms with E-state index in [-0.39, 0.29) is 0 Å². The lowest BCUT2D eigenvalue weighted by molar-refractivity contribution is 0.0697. The Hall–Kier alpha value is -3.01. The van der Waals surface area contributed by atoms with E-state index >= 15 is 0 Å². The molecule has 0 amide bonds. The highest BCUT2D eigenvalue weighted by Crippen LogP contribution is 2.46. The molecule has 0 spiro atoms. The molecule has 1 aliphatic carbocycles. The van der Waals surface area contributed by atoms with Crippen LogP contribution in [0.2, 0.25) is 0 Å². The number of benzene rings is 2. The zero-order valence-corrected chi connectivity index (χ0v) is 16.4. The maximum absolute atomic E-state index is 11.7. The van der Waals surface area contributed by atoms with E-state index in [0.29, 0.717) is 24.6 Å². The van der Waals surface area contributed by atoms with Crippen LogP contribution < -0.4 is 4.74 Å². The van der Waals surface area contributed by atoms with E-state index in [1.165, 1.54) is 48.7 Å². The topological polar surface area (TPSA) is 51.5 Å². The lowest BCUT2D eigenvalue weighted by atomic mass is 9.81. The van der Waals surface area contributed by atoms with Gasteiger partial charge in [-0.2, -0.15) is 0 Å². The largest absolute Gasteiger partial charge is 0.489 e. The van der Waals surface area contributed by atoms with Gasteiger partial charge >= 0.3 is 5.97 Å². The van der Waals surface area contributed by atoms with Crippen molar-refractivity contribution in [3.8, 4) is 17.0 Å². The number of carbonyl (C=O) groups is 1. The molecule has 0 bridgehead atoms. The maximum atomic E-state index is 11.7. The molecule has 2 aromatic carbocycles. The van der Waals surface area contributed by atoms with Gasteiger partial charge in [0.05, 0.1) is 11.3 Å². The molecule has 1 saturated carbocycles. The van der Waals surface area contributed by atoms with Gasteiger partial charge in [0, 0.05) is 23.0 Å². The van der Waals surface area contributed by atoms with E-state index in [9.17, 15) is 9.90 Å². The highest BCUT2D eigenvalue weighted by Gasteiger charge is 2.28. The number of carboxylic acids is 1. The first-order valence-corrected chi connectivity index (χ1v) is 10.5. The van der Waals surface area contributed by atoms with Gasteiger partial charge in [-0.25, -0.2) is 4.79 Å². The van der Waals surface area contributed by atoms with Crippen LogP contribution in [0.15, 0.2) is 54.6 Å². The van der Waals surface area contributed by atoms with E-state index in [4.69, 9.17) is 4.74 Å². The molecule has 29 heavy (non-hydrogen) atoms. The minimum absolute atomic E-state index is 0.335.